The number of likely N-dealkylation sites (N-methyl/N-ethyl adjacent to an activating group) is 1. The second-order valence-electron chi connectivity index (χ2n) is 8.46. The van der Waals surface area contributed by atoms with Gasteiger partial charge >= 0.3 is 0 Å². The summed E-state index contributed by atoms with van der Waals surface area (Å²) in [6, 6.07) is 16.7. The number of amides is 2. The number of imidazole rings is 1. The molecule has 32 heavy (non-hydrogen) atoms. The number of carbonyl (C=O) groups is 2. The maximum Gasteiger partial charge on any atom is 0.289 e. The van der Waals surface area contributed by atoms with Crippen molar-refractivity contribution < 1.29 is 9.59 Å². The molecule has 3 aromatic rings. The highest BCUT2D eigenvalue weighted by Gasteiger charge is 2.33. The lowest BCUT2D eigenvalue weighted by atomic mass is 9.91. The van der Waals surface area contributed by atoms with Crippen LogP contribution in [0.1, 0.15) is 28.7 Å². The van der Waals surface area contributed by atoms with Crippen LogP contribution in [0.5, 0.6) is 0 Å². The Hall–Kier alpha value is -3.41. The zero-order chi connectivity index (χ0) is 22.7. The van der Waals surface area contributed by atoms with E-state index in [1.807, 2.05) is 31.0 Å². The van der Waals surface area contributed by atoms with Gasteiger partial charge in [-0.05, 0) is 37.0 Å². The standard InChI is InChI=1S/C26H30N4O2/c1-4-29-15-16-30(26(32)24-27-13-14-28(24)3)18-22(25(29)31)17-21-7-5-6-8-23(21)20-11-9-19(2)10-12-20/h5-14,22H,4,15-18H2,1-3H3/t22-/m1/s1. The summed E-state index contributed by atoms with van der Waals surface area (Å²) in [5, 5.41) is 0. The van der Waals surface area contributed by atoms with Crippen molar-refractivity contribution in [3.05, 3.63) is 77.9 Å². The van der Waals surface area contributed by atoms with E-state index in [0.29, 0.717) is 38.4 Å². The van der Waals surface area contributed by atoms with Gasteiger partial charge in [-0.2, -0.15) is 0 Å². The lowest BCUT2D eigenvalue weighted by Crippen LogP contribution is -2.38. The van der Waals surface area contributed by atoms with Crippen LogP contribution in [0.3, 0.4) is 0 Å². The first-order valence-corrected chi connectivity index (χ1v) is 11.2. The molecule has 1 aliphatic heterocycles. The van der Waals surface area contributed by atoms with Crippen molar-refractivity contribution in [3.63, 3.8) is 0 Å². The number of aryl methyl sites for hydroxylation is 2. The highest BCUT2D eigenvalue weighted by Crippen LogP contribution is 2.28. The SMILES string of the molecule is CCN1CCN(C(=O)c2nccn2C)C[C@@H](Cc2ccccc2-c2ccc(C)cc2)C1=O. The van der Waals surface area contributed by atoms with Crippen LogP contribution in [-0.2, 0) is 18.3 Å². The van der Waals surface area contributed by atoms with Gasteiger partial charge in [-0.3, -0.25) is 9.59 Å². The molecule has 6 nitrogen and oxygen atoms in total. The van der Waals surface area contributed by atoms with E-state index in [4.69, 9.17) is 0 Å². The second kappa shape index (κ2) is 9.39. The predicted octanol–water partition coefficient (Wildman–Crippen LogP) is 3.56. The van der Waals surface area contributed by atoms with Gasteiger partial charge in [0.2, 0.25) is 5.91 Å². The Balaban J connectivity index is 1.64. The third-order valence-corrected chi connectivity index (χ3v) is 6.27. The maximum atomic E-state index is 13.4. The minimum absolute atomic E-state index is 0.112. The number of hydrogen-bond acceptors (Lipinski definition) is 3. The van der Waals surface area contributed by atoms with Gasteiger partial charge in [0.25, 0.3) is 5.91 Å². The molecule has 2 aromatic carbocycles. The lowest BCUT2D eigenvalue weighted by Gasteiger charge is -2.24. The Morgan fingerprint density at radius 2 is 1.84 bits per heavy atom. The minimum atomic E-state index is -0.298. The molecule has 0 aliphatic carbocycles. The molecule has 0 N–H and O–H groups in total. The van der Waals surface area contributed by atoms with Crippen molar-refractivity contribution in [2.24, 2.45) is 13.0 Å². The van der Waals surface area contributed by atoms with Gasteiger partial charge in [-0.15, -0.1) is 0 Å². The molecule has 0 unspecified atom stereocenters. The summed E-state index contributed by atoms with van der Waals surface area (Å²) in [4.78, 5) is 34.4. The van der Waals surface area contributed by atoms with E-state index in [-0.39, 0.29) is 17.7 Å². The molecular weight excluding hydrogens is 400 g/mol. The number of rotatable bonds is 5. The highest BCUT2D eigenvalue weighted by atomic mass is 16.2. The van der Waals surface area contributed by atoms with E-state index in [0.717, 1.165) is 16.7 Å². The molecule has 1 aliphatic rings. The second-order valence-corrected chi connectivity index (χ2v) is 8.46. The Kier molecular flexibility index (Phi) is 6.40. The normalized spacial score (nSPS) is 16.8. The molecule has 6 heteroatoms. The molecule has 1 atom stereocenters. The van der Waals surface area contributed by atoms with Crippen LogP contribution in [0, 0.1) is 12.8 Å². The Bertz CT molecular complexity index is 1100. The molecule has 0 spiro atoms. The predicted molar refractivity (Wildman–Crippen MR) is 125 cm³/mol. The molecular formula is C26H30N4O2. The first kappa shape index (κ1) is 21.8. The largest absolute Gasteiger partial charge is 0.341 e. The molecule has 1 aromatic heterocycles. The zero-order valence-electron chi connectivity index (χ0n) is 19.0. The van der Waals surface area contributed by atoms with Crippen molar-refractivity contribution in [2.75, 3.05) is 26.2 Å². The number of benzene rings is 2. The monoisotopic (exact) mass is 430 g/mol. The van der Waals surface area contributed by atoms with Crippen molar-refractivity contribution in [1.29, 1.82) is 0 Å². The number of carbonyl (C=O) groups excluding carboxylic acids is 2. The van der Waals surface area contributed by atoms with E-state index < -0.39 is 0 Å². The van der Waals surface area contributed by atoms with Crippen LogP contribution in [0.4, 0.5) is 0 Å². The minimum Gasteiger partial charge on any atom is -0.341 e. The van der Waals surface area contributed by atoms with Gasteiger partial charge in [-0.1, -0.05) is 54.1 Å². The summed E-state index contributed by atoms with van der Waals surface area (Å²) in [5.41, 5.74) is 4.61. The van der Waals surface area contributed by atoms with Gasteiger partial charge in [0.1, 0.15) is 0 Å². The summed E-state index contributed by atoms with van der Waals surface area (Å²) < 4.78 is 1.73. The lowest BCUT2D eigenvalue weighted by molar-refractivity contribution is -0.134. The van der Waals surface area contributed by atoms with E-state index in [9.17, 15) is 9.59 Å². The van der Waals surface area contributed by atoms with Crippen LogP contribution in [0.15, 0.2) is 60.9 Å². The van der Waals surface area contributed by atoms with Crippen LogP contribution in [-0.4, -0.2) is 57.3 Å². The molecule has 0 radical (unpaired) electrons. The van der Waals surface area contributed by atoms with E-state index in [2.05, 4.69) is 48.3 Å². The van der Waals surface area contributed by atoms with Crippen molar-refractivity contribution in [3.8, 4) is 11.1 Å². The molecule has 1 saturated heterocycles. The molecule has 1 fully saturated rings. The van der Waals surface area contributed by atoms with Crippen molar-refractivity contribution in [2.45, 2.75) is 20.3 Å². The molecule has 0 saturated carbocycles. The summed E-state index contributed by atoms with van der Waals surface area (Å²) in [7, 11) is 1.82. The fourth-order valence-corrected chi connectivity index (χ4v) is 4.39. The van der Waals surface area contributed by atoms with Gasteiger partial charge in [-0.25, -0.2) is 4.98 Å². The Morgan fingerprint density at radius 3 is 2.53 bits per heavy atom. The maximum absolute atomic E-state index is 13.4. The van der Waals surface area contributed by atoms with Crippen LogP contribution < -0.4 is 0 Å². The van der Waals surface area contributed by atoms with Gasteiger partial charge in [0, 0.05) is 45.6 Å². The number of aromatic nitrogens is 2. The van der Waals surface area contributed by atoms with Gasteiger partial charge in [0.15, 0.2) is 5.82 Å². The van der Waals surface area contributed by atoms with E-state index >= 15 is 0 Å². The molecule has 0 bridgehead atoms. The molecule has 166 valence electrons. The Morgan fingerprint density at radius 1 is 1.09 bits per heavy atom. The fourth-order valence-electron chi connectivity index (χ4n) is 4.39. The summed E-state index contributed by atoms with van der Waals surface area (Å²) in [6.07, 6.45) is 3.98. The first-order chi connectivity index (χ1) is 15.5. The quantitative estimate of drug-likeness (QED) is 0.622. The van der Waals surface area contributed by atoms with Gasteiger partial charge < -0.3 is 14.4 Å². The number of nitrogens with zero attached hydrogens (tertiary/aromatic N) is 4. The van der Waals surface area contributed by atoms with Crippen molar-refractivity contribution >= 4 is 11.8 Å². The van der Waals surface area contributed by atoms with Crippen LogP contribution in [0.2, 0.25) is 0 Å². The zero-order valence-corrected chi connectivity index (χ0v) is 19.0. The van der Waals surface area contributed by atoms with E-state index in [1.165, 1.54) is 5.56 Å². The molecule has 2 heterocycles. The average molecular weight is 431 g/mol. The number of hydrogen-bond donors (Lipinski definition) is 0. The topological polar surface area (TPSA) is 58.4 Å². The smallest absolute Gasteiger partial charge is 0.289 e. The summed E-state index contributed by atoms with van der Waals surface area (Å²) >= 11 is 0. The Labute approximate surface area is 189 Å². The van der Waals surface area contributed by atoms with Gasteiger partial charge in [0.05, 0.1) is 5.92 Å². The van der Waals surface area contributed by atoms with Crippen LogP contribution >= 0.6 is 0 Å². The third-order valence-electron chi connectivity index (χ3n) is 6.27. The highest BCUT2D eigenvalue weighted by molar-refractivity contribution is 5.91. The summed E-state index contributed by atoms with van der Waals surface area (Å²) in [5.74, 6) is 0.0934. The van der Waals surface area contributed by atoms with E-state index in [1.54, 1.807) is 21.9 Å². The molecule has 2 amide bonds. The third kappa shape index (κ3) is 4.44. The average Bonchev–Trinajstić information content (AvgIpc) is 3.17. The molecule has 4 rings (SSSR count). The fraction of sp³-hybridized carbons (Fsp3) is 0.346. The first-order valence-electron chi connectivity index (χ1n) is 11.2. The van der Waals surface area contributed by atoms with Crippen molar-refractivity contribution in [1.82, 2.24) is 19.4 Å². The summed E-state index contributed by atoms with van der Waals surface area (Å²) in [6.45, 7) is 6.16. The van der Waals surface area contributed by atoms with Crippen LogP contribution in [0.25, 0.3) is 11.1 Å².